The number of carbonyl (C=O) groups is 5. The number of methoxy groups -OCH3 is 1. The summed E-state index contributed by atoms with van der Waals surface area (Å²) in [4.78, 5) is 70.9. The number of amides is 4. The number of hydrazine groups is 1. The number of nitrogens with one attached hydrogen (secondary N) is 1. The number of phenolic OH excluding ortho intramolecular Hbond substituents is 1. The van der Waals surface area contributed by atoms with Crippen LogP contribution in [-0.4, -0.2) is 70.0 Å². The number of allylic oxidation sites excluding steroid dienone is 2. The molecule has 2 heterocycles. The maximum Gasteiger partial charge on any atom is 0.303 e. The van der Waals surface area contributed by atoms with E-state index in [1.54, 1.807) is 61.5 Å². The molecule has 3 aromatic carbocycles. The number of nitrogens with zero attached hydrogens (tertiary/aromatic N) is 2. The van der Waals surface area contributed by atoms with Crippen LogP contribution in [0.3, 0.4) is 0 Å². The first-order valence-corrected chi connectivity index (χ1v) is 19.2. The van der Waals surface area contributed by atoms with Crippen molar-refractivity contribution in [2.24, 2.45) is 23.7 Å². The summed E-state index contributed by atoms with van der Waals surface area (Å²) < 4.78 is 11.3. The minimum Gasteiger partial charge on any atom is -0.504 e. The van der Waals surface area contributed by atoms with Gasteiger partial charge in [0.1, 0.15) is 5.75 Å². The van der Waals surface area contributed by atoms with E-state index in [1.165, 1.54) is 18.1 Å². The van der Waals surface area contributed by atoms with Crippen molar-refractivity contribution in [3.05, 3.63) is 93.5 Å². The number of carboxylic acids is 1. The van der Waals surface area contributed by atoms with E-state index < -0.39 is 52.8 Å². The third kappa shape index (κ3) is 6.38. The Kier molecular flexibility index (Phi) is 10.6. The molecule has 6 atom stereocenters. The van der Waals surface area contributed by atoms with E-state index in [9.17, 15) is 24.3 Å². The molecule has 1 saturated carbocycles. The third-order valence-corrected chi connectivity index (χ3v) is 12.1. The standard InChI is InChI=1S/C41H41Cl2N3O9/c1-3-55-32-9-7-8-27(36(32)49)35-25-16-17-26-34(39(52)45(37(26)50)19-6-4-5-10-33(47)48)28(25)21-29-38(51)46(44-31-18-13-23(42)20-30(31)43)40(53)41(29,35)22-11-14-24(54-2)15-12-22/h7-9,11-16,18,20,26,28-29,34-35,44,49H,3-6,10,17,19,21H2,1-2H3,(H,47,48). The molecule has 4 aliphatic rings. The highest BCUT2D eigenvalue weighted by atomic mass is 35.5. The first kappa shape index (κ1) is 38.2. The number of hydrogen-bond donors (Lipinski definition) is 3. The van der Waals surface area contributed by atoms with Gasteiger partial charge in [-0.05, 0) is 80.5 Å². The minimum absolute atomic E-state index is 0.00140. The van der Waals surface area contributed by atoms with Crippen molar-refractivity contribution in [2.75, 3.05) is 25.7 Å². The van der Waals surface area contributed by atoms with E-state index in [4.69, 9.17) is 37.8 Å². The number of likely N-dealkylation sites (tertiary alicyclic amines) is 1. The smallest absolute Gasteiger partial charge is 0.303 e. The van der Waals surface area contributed by atoms with E-state index in [-0.39, 0.29) is 66.4 Å². The molecule has 2 saturated heterocycles. The molecule has 14 heteroatoms. The zero-order valence-corrected chi connectivity index (χ0v) is 31.8. The molecule has 3 N–H and O–H groups in total. The number of carbonyl (C=O) groups excluding carboxylic acids is 4. The molecule has 3 aromatic rings. The lowest BCUT2D eigenvalue weighted by atomic mass is 9.49. The van der Waals surface area contributed by atoms with Crippen LogP contribution < -0.4 is 14.9 Å². The van der Waals surface area contributed by atoms with Gasteiger partial charge in [-0.1, -0.05) is 65.5 Å². The molecule has 2 aliphatic carbocycles. The van der Waals surface area contributed by atoms with Crippen molar-refractivity contribution in [3.63, 3.8) is 0 Å². The number of imide groups is 2. The van der Waals surface area contributed by atoms with Gasteiger partial charge in [0, 0.05) is 29.5 Å². The molecule has 12 nitrogen and oxygen atoms in total. The first-order chi connectivity index (χ1) is 26.4. The zero-order valence-electron chi connectivity index (χ0n) is 30.3. The Morgan fingerprint density at radius 2 is 1.73 bits per heavy atom. The summed E-state index contributed by atoms with van der Waals surface area (Å²) in [5.41, 5.74) is 3.08. The predicted molar refractivity (Wildman–Crippen MR) is 203 cm³/mol. The average Bonchev–Trinajstić information content (AvgIpc) is 3.53. The Morgan fingerprint density at radius 1 is 0.964 bits per heavy atom. The van der Waals surface area contributed by atoms with Gasteiger partial charge in [0.15, 0.2) is 11.5 Å². The van der Waals surface area contributed by atoms with Crippen molar-refractivity contribution in [2.45, 2.75) is 56.8 Å². The van der Waals surface area contributed by atoms with Crippen molar-refractivity contribution in [1.82, 2.24) is 9.91 Å². The largest absolute Gasteiger partial charge is 0.504 e. The maximum atomic E-state index is 15.4. The summed E-state index contributed by atoms with van der Waals surface area (Å²) in [5.74, 6) is -6.37. The molecular formula is C41H41Cl2N3O9. The molecule has 2 aliphatic heterocycles. The molecular weight excluding hydrogens is 749 g/mol. The van der Waals surface area contributed by atoms with Crippen molar-refractivity contribution >= 4 is 58.5 Å². The van der Waals surface area contributed by atoms with E-state index in [0.29, 0.717) is 46.7 Å². The van der Waals surface area contributed by atoms with E-state index in [0.717, 1.165) is 5.01 Å². The number of carboxylic acid groups (broad SMARTS) is 1. The number of phenols is 1. The summed E-state index contributed by atoms with van der Waals surface area (Å²) in [6.45, 7) is 2.19. The number of hydrogen-bond acceptors (Lipinski definition) is 9. The fraction of sp³-hybridized carbons (Fsp3) is 0.390. The normalized spacial score (nSPS) is 25.7. The second kappa shape index (κ2) is 15.2. The van der Waals surface area contributed by atoms with Gasteiger partial charge in [-0.15, -0.1) is 0 Å². The quantitative estimate of drug-likeness (QED) is 0.0961. The van der Waals surface area contributed by atoms with Crippen LogP contribution in [-0.2, 0) is 29.4 Å². The van der Waals surface area contributed by atoms with Crippen LogP contribution in [0.2, 0.25) is 10.0 Å². The molecule has 6 unspecified atom stereocenters. The molecule has 4 amide bonds. The number of aromatic hydroxyl groups is 1. The second-order valence-corrected chi connectivity index (χ2v) is 15.2. The van der Waals surface area contributed by atoms with Crippen LogP contribution in [0.15, 0.2) is 72.3 Å². The Balaban J connectivity index is 1.38. The maximum absolute atomic E-state index is 15.4. The fourth-order valence-electron chi connectivity index (χ4n) is 9.24. The summed E-state index contributed by atoms with van der Waals surface area (Å²) in [7, 11) is 1.52. The number of para-hydroxylation sites is 1. The number of rotatable bonds is 13. The Hall–Kier alpha value is -5.07. The predicted octanol–water partition coefficient (Wildman–Crippen LogP) is 6.74. The van der Waals surface area contributed by atoms with Crippen molar-refractivity contribution in [1.29, 1.82) is 0 Å². The zero-order chi connectivity index (χ0) is 39.2. The number of aliphatic carboxylic acids is 1. The Bertz CT molecular complexity index is 2090. The van der Waals surface area contributed by atoms with Crippen LogP contribution in [0.25, 0.3) is 0 Å². The molecule has 55 heavy (non-hydrogen) atoms. The van der Waals surface area contributed by atoms with Gasteiger partial charge in [0.05, 0.1) is 47.6 Å². The molecule has 0 bridgehead atoms. The van der Waals surface area contributed by atoms with Crippen LogP contribution in [0.5, 0.6) is 17.2 Å². The number of anilines is 1. The number of unbranched alkanes of at least 4 members (excludes halogenated alkanes) is 2. The highest BCUT2D eigenvalue weighted by molar-refractivity contribution is 6.36. The van der Waals surface area contributed by atoms with E-state index >= 15 is 4.79 Å². The van der Waals surface area contributed by atoms with Gasteiger partial charge < -0.3 is 19.7 Å². The lowest BCUT2D eigenvalue weighted by molar-refractivity contribution is -0.141. The molecule has 0 radical (unpaired) electrons. The number of benzene rings is 3. The van der Waals surface area contributed by atoms with Crippen molar-refractivity contribution in [3.8, 4) is 17.2 Å². The number of halogens is 2. The highest BCUT2D eigenvalue weighted by Gasteiger charge is 2.70. The third-order valence-electron chi connectivity index (χ3n) is 11.6. The topological polar surface area (TPSA) is 163 Å². The van der Waals surface area contributed by atoms with Gasteiger partial charge in [-0.2, -0.15) is 5.01 Å². The Morgan fingerprint density at radius 3 is 2.42 bits per heavy atom. The van der Waals surface area contributed by atoms with Gasteiger partial charge >= 0.3 is 5.97 Å². The SMILES string of the molecule is CCOc1cccc(C2C3=CCC4C(=O)N(CCCCCC(=O)O)C(=O)C4C3CC3C(=O)N(Nc4ccc(Cl)cc4Cl)C(=O)C32c2ccc(OC)cc2)c1O. The first-order valence-electron chi connectivity index (χ1n) is 18.4. The lowest BCUT2D eigenvalue weighted by Gasteiger charge is -2.50. The minimum atomic E-state index is -1.65. The number of ether oxygens (including phenoxy) is 2. The average molecular weight is 791 g/mol. The monoisotopic (exact) mass is 789 g/mol. The van der Waals surface area contributed by atoms with Gasteiger partial charge in [-0.3, -0.25) is 34.3 Å². The lowest BCUT2D eigenvalue weighted by Crippen LogP contribution is -2.53. The molecule has 0 aromatic heterocycles. The summed E-state index contributed by atoms with van der Waals surface area (Å²) in [6.07, 6.45) is 3.61. The van der Waals surface area contributed by atoms with Crippen LogP contribution >= 0.6 is 23.2 Å². The summed E-state index contributed by atoms with van der Waals surface area (Å²) >= 11 is 12.7. The summed E-state index contributed by atoms with van der Waals surface area (Å²) in [5, 5.41) is 22.5. The molecule has 0 spiro atoms. The fourth-order valence-corrected chi connectivity index (χ4v) is 9.69. The molecule has 3 fully saturated rings. The molecule has 7 rings (SSSR count). The van der Waals surface area contributed by atoms with E-state index in [1.807, 2.05) is 6.08 Å². The highest BCUT2D eigenvalue weighted by Crippen LogP contribution is 2.65. The number of fused-ring (bicyclic) bond motifs is 4. The van der Waals surface area contributed by atoms with Crippen LogP contribution in [0, 0.1) is 23.7 Å². The van der Waals surface area contributed by atoms with Gasteiger partial charge in [0.2, 0.25) is 11.8 Å². The summed E-state index contributed by atoms with van der Waals surface area (Å²) in [6, 6.07) is 16.6. The van der Waals surface area contributed by atoms with Crippen LogP contribution in [0.4, 0.5) is 5.69 Å². The van der Waals surface area contributed by atoms with Gasteiger partial charge in [-0.25, -0.2) is 0 Å². The second-order valence-electron chi connectivity index (χ2n) is 14.4. The van der Waals surface area contributed by atoms with Gasteiger partial charge in [0.25, 0.3) is 11.8 Å². The Labute approximate surface area is 327 Å². The van der Waals surface area contributed by atoms with Crippen molar-refractivity contribution < 1.29 is 43.7 Å². The van der Waals surface area contributed by atoms with Crippen LogP contribution in [0.1, 0.15) is 62.5 Å². The molecule has 288 valence electrons. The van der Waals surface area contributed by atoms with E-state index in [2.05, 4.69) is 5.43 Å².